The summed E-state index contributed by atoms with van der Waals surface area (Å²) in [5, 5.41) is 9.56. The van der Waals surface area contributed by atoms with Crippen LogP contribution in [0.5, 0.6) is 0 Å². The summed E-state index contributed by atoms with van der Waals surface area (Å²) in [6, 6.07) is 0. The molecule has 0 spiro atoms. The summed E-state index contributed by atoms with van der Waals surface area (Å²) in [5.41, 5.74) is 1.43. The molecule has 0 saturated heterocycles. The number of amides is 1. The zero-order valence-corrected chi connectivity index (χ0v) is 11.9. The highest BCUT2D eigenvalue weighted by Crippen LogP contribution is 2.22. The molecule has 0 bridgehead atoms. The lowest BCUT2D eigenvalue weighted by molar-refractivity contribution is 0.102. The normalized spacial score (nSPS) is 13.8. The number of rotatable bonds is 2. The van der Waals surface area contributed by atoms with Crippen molar-refractivity contribution in [3.05, 3.63) is 43.9 Å². The molecule has 0 fully saturated rings. The van der Waals surface area contributed by atoms with Crippen molar-refractivity contribution in [2.24, 2.45) is 0 Å². The predicted octanol–water partition coefficient (Wildman–Crippen LogP) is 1.19. The van der Waals surface area contributed by atoms with Gasteiger partial charge in [-0.2, -0.15) is 5.10 Å². The first-order chi connectivity index (χ1) is 9.66. The molecule has 8 heteroatoms. The Bertz CT molecular complexity index is 722. The van der Waals surface area contributed by atoms with Gasteiger partial charge in [0.25, 0.3) is 5.91 Å². The highest BCUT2D eigenvalue weighted by Gasteiger charge is 2.20. The summed E-state index contributed by atoms with van der Waals surface area (Å²) in [6.45, 7) is 1.03. The number of nitrogens with zero attached hydrogens (tertiary/aromatic N) is 1. The quantitative estimate of drug-likeness (QED) is 0.765. The molecule has 20 heavy (non-hydrogen) atoms. The molecule has 1 amide bonds. The Balaban J connectivity index is 1.88. The van der Waals surface area contributed by atoms with Gasteiger partial charge in [0, 0.05) is 30.1 Å². The van der Waals surface area contributed by atoms with Crippen molar-refractivity contribution in [2.75, 3.05) is 11.9 Å². The first-order valence-corrected chi connectivity index (χ1v) is 6.78. The highest BCUT2D eigenvalue weighted by molar-refractivity contribution is 9.10. The number of nitrogens with one attached hydrogen (secondary N) is 3. The van der Waals surface area contributed by atoms with Gasteiger partial charge in [0.1, 0.15) is 5.56 Å². The Kier molecular flexibility index (Phi) is 3.41. The molecular formula is C12H11BrN4O3. The van der Waals surface area contributed by atoms with Crippen molar-refractivity contribution in [3.8, 4) is 0 Å². The number of fused-ring (bicyclic) bond motifs is 1. The third kappa shape index (κ3) is 2.27. The molecule has 3 rings (SSSR count). The Morgan fingerprint density at radius 3 is 3.15 bits per heavy atom. The van der Waals surface area contributed by atoms with Gasteiger partial charge in [0.15, 0.2) is 5.82 Å². The molecule has 1 aliphatic rings. The minimum Gasteiger partial charge on any atom is -0.376 e. The van der Waals surface area contributed by atoms with Crippen molar-refractivity contribution < 1.29 is 9.53 Å². The summed E-state index contributed by atoms with van der Waals surface area (Å²) in [7, 11) is 0. The van der Waals surface area contributed by atoms with Crippen LogP contribution < -0.4 is 10.7 Å². The minimum atomic E-state index is -0.507. The fourth-order valence-electron chi connectivity index (χ4n) is 2.02. The SMILES string of the molecule is O=C(Nc1n[nH]c2c1COCC2)c1c[nH]cc(Br)c1=O. The molecule has 3 heterocycles. The molecule has 0 saturated carbocycles. The summed E-state index contributed by atoms with van der Waals surface area (Å²) in [4.78, 5) is 26.7. The number of ether oxygens (including phenoxy) is 1. The number of hydrogen-bond donors (Lipinski definition) is 3. The molecule has 0 unspecified atom stereocenters. The van der Waals surface area contributed by atoms with E-state index in [0.717, 1.165) is 17.7 Å². The number of H-pyrrole nitrogens is 2. The van der Waals surface area contributed by atoms with E-state index in [0.29, 0.717) is 23.5 Å². The minimum absolute atomic E-state index is 0.0212. The van der Waals surface area contributed by atoms with Crippen LogP contribution >= 0.6 is 15.9 Å². The Morgan fingerprint density at radius 2 is 2.30 bits per heavy atom. The van der Waals surface area contributed by atoms with Crippen LogP contribution in [0.15, 0.2) is 21.7 Å². The Morgan fingerprint density at radius 1 is 1.45 bits per heavy atom. The van der Waals surface area contributed by atoms with Gasteiger partial charge in [0.2, 0.25) is 5.43 Å². The fourth-order valence-corrected chi connectivity index (χ4v) is 2.36. The van der Waals surface area contributed by atoms with Gasteiger partial charge in [0.05, 0.1) is 17.7 Å². The Hall–Kier alpha value is -1.93. The molecular weight excluding hydrogens is 328 g/mol. The third-order valence-corrected chi connectivity index (χ3v) is 3.66. The van der Waals surface area contributed by atoms with Crippen molar-refractivity contribution in [1.29, 1.82) is 0 Å². The molecule has 3 N–H and O–H groups in total. The van der Waals surface area contributed by atoms with Crippen molar-refractivity contribution >= 4 is 27.7 Å². The summed E-state index contributed by atoms with van der Waals surface area (Å²) < 4.78 is 5.64. The van der Waals surface area contributed by atoms with Crippen LogP contribution in [-0.4, -0.2) is 27.7 Å². The number of halogens is 1. The first-order valence-electron chi connectivity index (χ1n) is 5.98. The van der Waals surface area contributed by atoms with Gasteiger partial charge in [-0.1, -0.05) is 0 Å². The number of carbonyl (C=O) groups is 1. The molecule has 0 radical (unpaired) electrons. The van der Waals surface area contributed by atoms with Crippen LogP contribution in [0, 0.1) is 0 Å². The molecule has 0 aliphatic carbocycles. The molecule has 0 atom stereocenters. The topological polar surface area (TPSA) is 99.9 Å². The third-order valence-electron chi connectivity index (χ3n) is 3.07. The largest absolute Gasteiger partial charge is 0.376 e. The molecule has 104 valence electrons. The molecule has 2 aromatic rings. The zero-order chi connectivity index (χ0) is 14.1. The Labute approximate surface area is 121 Å². The second kappa shape index (κ2) is 5.22. The number of carbonyl (C=O) groups excluding carboxylic acids is 1. The van der Waals surface area contributed by atoms with E-state index in [1.54, 1.807) is 0 Å². The van der Waals surface area contributed by atoms with Gasteiger partial charge >= 0.3 is 0 Å². The molecule has 2 aromatic heterocycles. The van der Waals surface area contributed by atoms with E-state index in [1.165, 1.54) is 12.4 Å². The average Bonchev–Trinajstić information content (AvgIpc) is 2.85. The number of hydrogen-bond acceptors (Lipinski definition) is 4. The summed E-state index contributed by atoms with van der Waals surface area (Å²) in [5.74, 6) is -0.100. The smallest absolute Gasteiger partial charge is 0.262 e. The predicted molar refractivity (Wildman–Crippen MR) is 74.7 cm³/mol. The number of aromatic amines is 2. The van der Waals surface area contributed by atoms with Gasteiger partial charge in [-0.25, -0.2) is 0 Å². The first kappa shape index (κ1) is 13.1. The second-order valence-corrected chi connectivity index (χ2v) is 5.19. The average molecular weight is 339 g/mol. The maximum Gasteiger partial charge on any atom is 0.262 e. The summed E-state index contributed by atoms with van der Waals surface area (Å²) in [6.07, 6.45) is 3.57. The monoisotopic (exact) mass is 338 g/mol. The van der Waals surface area contributed by atoms with E-state index in [4.69, 9.17) is 4.74 Å². The maximum absolute atomic E-state index is 12.1. The van der Waals surface area contributed by atoms with Crippen LogP contribution in [0.4, 0.5) is 5.82 Å². The molecule has 0 aromatic carbocycles. The van der Waals surface area contributed by atoms with E-state index in [1.807, 2.05) is 0 Å². The lowest BCUT2D eigenvalue weighted by Crippen LogP contribution is -2.23. The van der Waals surface area contributed by atoms with Crippen LogP contribution in [0.25, 0.3) is 0 Å². The van der Waals surface area contributed by atoms with Crippen molar-refractivity contribution in [2.45, 2.75) is 13.0 Å². The second-order valence-electron chi connectivity index (χ2n) is 4.33. The van der Waals surface area contributed by atoms with Crippen LogP contribution in [0.1, 0.15) is 21.6 Å². The highest BCUT2D eigenvalue weighted by atomic mass is 79.9. The van der Waals surface area contributed by atoms with Crippen molar-refractivity contribution in [3.63, 3.8) is 0 Å². The number of aromatic nitrogens is 3. The van der Waals surface area contributed by atoms with Gasteiger partial charge in [-0.3, -0.25) is 14.7 Å². The van der Waals surface area contributed by atoms with Gasteiger partial charge < -0.3 is 15.0 Å². The molecule has 7 nitrogen and oxygen atoms in total. The van der Waals surface area contributed by atoms with Gasteiger partial charge in [-0.05, 0) is 15.9 Å². The van der Waals surface area contributed by atoms with Crippen LogP contribution in [0.2, 0.25) is 0 Å². The molecule has 1 aliphatic heterocycles. The van der Waals surface area contributed by atoms with Crippen LogP contribution in [-0.2, 0) is 17.8 Å². The zero-order valence-electron chi connectivity index (χ0n) is 10.3. The maximum atomic E-state index is 12.1. The number of pyridine rings is 1. The van der Waals surface area contributed by atoms with Crippen LogP contribution in [0.3, 0.4) is 0 Å². The van der Waals surface area contributed by atoms with Crippen molar-refractivity contribution in [1.82, 2.24) is 15.2 Å². The number of anilines is 1. The lowest BCUT2D eigenvalue weighted by atomic mass is 10.1. The summed E-state index contributed by atoms with van der Waals surface area (Å²) >= 11 is 3.09. The van der Waals surface area contributed by atoms with Gasteiger partial charge in [-0.15, -0.1) is 0 Å². The van der Waals surface area contributed by atoms with E-state index in [9.17, 15) is 9.59 Å². The van der Waals surface area contributed by atoms with E-state index < -0.39 is 5.91 Å². The standard InChI is InChI=1S/C12H11BrN4O3/c13-8-4-14-3-6(10(8)18)12(19)15-11-7-5-20-2-1-9(7)16-17-11/h3-4H,1-2,5H2,(H,14,18)(H2,15,16,17,19). The van der Waals surface area contributed by atoms with E-state index >= 15 is 0 Å². The van der Waals surface area contributed by atoms with E-state index in [2.05, 4.69) is 36.4 Å². The lowest BCUT2D eigenvalue weighted by Gasteiger charge is -2.12. The fraction of sp³-hybridized carbons (Fsp3) is 0.250. The van der Waals surface area contributed by atoms with E-state index in [-0.39, 0.29) is 11.0 Å².